The van der Waals surface area contributed by atoms with Crippen LogP contribution in [0.25, 0.3) is 0 Å². The lowest BCUT2D eigenvalue weighted by molar-refractivity contribution is -0.256. The Morgan fingerprint density at radius 1 is 0.906 bits per heavy atom. The molecule has 0 amide bonds. The van der Waals surface area contributed by atoms with Gasteiger partial charge in [-0.05, 0) is 131 Å². The van der Waals surface area contributed by atoms with E-state index >= 15 is 0 Å². The predicted octanol–water partition coefficient (Wildman–Crippen LogP) is 7.13. The van der Waals surface area contributed by atoms with Gasteiger partial charge < -0.3 is 10.2 Å². The highest BCUT2D eigenvalue weighted by atomic mass is 19.4. The van der Waals surface area contributed by atoms with Crippen molar-refractivity contribution in [1.82, 2.24) is 0 Å². The first-order valence-corrected chi connectivity index (χ1v) is 13.1. The summed E-state index contributed by atoms with van der Waals surface area (Å²) in [6.45, 7) is 9.99. The molecule has 186 valence electrons. The Bertz CT molecular complexity index is 702. The van der Waals surface area contributed by atoms with Crippen LogP contribution in [0.5, 0.6) is 0 Å². The molecule has 4 aliphatic carbocycles. The van der Waals surface area contributed by atoms with Gasteiger partial charge in [-0.25, -0.2) is 0 Å². The summed E-state index contributed by atoms with van der Waals surface area (Å²) >= 11 is 0. The van der Waals surface area contributed by atoms with Gasteiger partial charge in [-0.2, -0.15) is 13.2 Å². The zero-order valence-electron chi connectivity index (χ0n) is 20.8. The molecule has 0 aromatic carbocycles. The number of halogens is 3. The molecule has 4 fully saturated rings. The molecule has 4 rings (SSSR count). The maximum atomic E-state index is 13.1. The molecular formula is C27H45F3O2. The smallest absolute Gasteiger partial charge is 0.390 e. The van der Waals surface area contributed by atoms with Crippen LogP contribution >= 0.6 is 0 Å². The number of hydrogen-bond donors (Lipinski definition) is 2. The van der Waals surface area contributed by atoms with E-state index in [1.165, 1.54) is 32.1 Å². The first kappa shape index (κ1) is 24.8. The molecule has 0 saturated heterocycles. The number of hydrogen-bond acceptors (Lipinski definition) is 2. The zero-order valence-corrected chi connectivity index (χ0v) is 20.8. The summed E-state index contributed by atoms with van der Waals surface area (Å²) in [6, 6.07) is 0. The van der Waals surface area contributed by atoms with E-state index in [-0.39, 0.29) is 17.8 Å². The van der Waals surface area contributed by atoms with E-state index in [1.807, 2.05) is 6.92 Å². The highest BCUT2D eigenvalue weighted by Crippen LogP contribution is 2.69. The van der Waals surface area contributed by atoms with Crippen molar-refractivity contribution in [2.75, 3.05) is 0 Å². The normalized spacial score (nSPS) is 49.5. The summed E-state index contributed by atoms with van der Waals surface area (Å²) < 4.78 is 39.4. The second-order valence-electron chi connectivity index (χ2n) is 13.4. The van der Waals surface area contributed by atoms with E-state index in [1.54, 1.807) is 0 Å². The Labute approximate surface area is 192 Å². The highest BCUT2D eigenvalue weighted by molar-refractivity contribution is 5.10. The minimum atomic E-state index is -4.56. The summed E-state index contributed by atoms with van der Waals surface area (Å²) in [6.07, 6.45) is 5.85. The van der Waals surface area contributed by atoms with E-state index in [4.69, 9.17) is 0 Å². The van der Waals surface area contributed by atoms with Gasteiger partial charge >= 0.3 is 6.18 Å². The van der Waals surface area contributed by atoms with Gasteiger partial charge in [0.25, 0.3) is 0 Å². The van der Waals surface area contributed by atoms with Crippen molar-refractivity contribution in [3.05, 3.63) is 0 Å². The van der Waals surface area contributed by atoms with Crippen molar-refractivity contribution in [1.29, 1.82) is 0 Å². The number of aliphatic hydroxyl groups is 2. The molecule has 0 bridgehead atoms. The molecule has 4 aliphatic rings. The lowest BCUT2D eigenvalue weighted by Crippen LogP contribution is -2.55. The van der Waals surface area contributed by atoms with Crippen LogP contribution < -0.4 is 0 Å². The number of rotatable bonds is 4. The van der Waals surface area contributed by atoms with Crippen LogP contribution in [-0.4, -0.2) is 27.6 Å². The first-order chi connectivity index (χ1) is 14.6. The van der Waals surface area contributed by atoms with Gasteiger partial charge in [-0.1, -0.05) is 20.8 Å². The Balaban J connectivity index is 1.46. The van der Waals surface area contributed by atoms with Gasteiger partial charge in [-0.3, -0.25) is 0 Å². The zero-order chi connectivity index (χ0) is 23.7. The Hall–Kier alpha value is -0.290. The minimum absolute atomic E-state index is 0.201. The van der Waals surface area contributed by atoms with Gasteiger partial charge in [0, 0.05) is 0 Å². The molecule has 2 N–H and O–H groups in total. The van der Waals surface area contributed by atoms with Crippen molar-refractivity contribution >= 4 is 0 Å². The fourth-order valence-corrected chi connectivity index (χ4v) is 9.26. The van der Waals surface area contributed by atoms with Gasteiger partial charge in [0.2, 0.25) is 0 Å². The molecule has 4 saturated carbocycles. The predicted molar refractivity (Wildman–Crippen MR) is 121 cm³/mol. The summed E-state index contributed by atoms with van der Waals surface area (Å²) in [5.74, 6) is 3.42. The summed E-state index contributed by atoms with van der Waals surface area (Å²) in [5.41, 5.74) is -2.55. The second-order valence-corrected chi connectivity index (χ2v) is 13.4. The third-order valence-electron chi connectivity index (χ3n) is 11.4. The van der Waals surface area contributed by atoms with Crippen molar-refractivity contribution in [2.24, 2.45) is 46.3 Å². The molecule has 0 aromatic rings. The molecule has 0 aromatic heterocycles. The molecule has 0 unspecified atom stereocenters. The Kier molecular flexibility index (Phi) is 6.10. The quantitative estimate of drug-likeness (QED) is 0.471. The van der Waals surface area contributed by atoms with Crippen LogP contribution in [0.1, 0.15) is 105 Å². The van der Waals surface area contributed by atoms with E-state index in [0.717, 1.165) is 44.4 Å². The number of fused-ring (bicyclic) bond motifs is 5. The molecular weight excluding hydrogens is 413 g/mol. The lowest BCUT2D eigenvalue weighted by atomic mass is 9.43. The minimum Gasteiger partial charge on any atom is -0.390 e. The molecule has 2 nitrogen and oxygen atoms in total. The maximum absolute atomic E-state index is 13.1. The number of alkyl halides is 3. The molecule has 0 radical (unpaired) electrons. The third kappa shape index (κ3) is 3.95. The van der Waals surface area contributed by atoms with Crippen molar-refractivity contribution in [3.8, 4) is 0 Å². The topological polar surface area (TPSA) is 40.5 Å². The fraction of sp³-hybridized carbons (Fsp3) is 1.00. The molecule has 10 atom stereocenters. The van der Waals surface area contributed by atoms with Gasteiger partial charge in [-0.15, -0.1) is 0 Å². The van der Waals surface area contributed by atoms with E-state index < -0.39 is 17.4 Å². The summed E-state index contributed by atoms with van der Waals surface area (Å²) in [7, 11) is 0. The van der Waals surface area contributed by atoms with Crippen LogP contribution in [0.4, 0.5) is 13.2 Å². The first-order valence-electron chi connectivity index (χ1n) is 13.1. The van der Waals surface area contributed by atoms with Gasteiger partial charge in [0.15, 0.2) is 5.60 Å². The summed E-state index contributed by atoms with van der Waals surface area (Å²) in [5, 5.41) is 20.6. The average Bonchev–Trinajstić information content (AvgIpc) is 3.03. The van der Waals surface area contributed by atoms with Crippen molar-refractivity contribution in [3.63, 3.8) is 0 Å². The molecule has 5 heteroatoms. The fourth-order valence-electron chi connectivity index (χ4n) is 9.26. The third-order valence-corrected chi connectivity index (χ3v) is 11.4. The van der Waals surface area contributed by atoms with E-state index in [9.17, 15) is 23.4 Å². The van der Waals surface area contributed by atoms with Crippen LogP contribution in [0, 0.1) is 46.3 Å². The van der Waals surface area contributed by atoms with E-state index in [0.29, 0.717) is 29.6 Å². The maximum Gasteiger partial charge on any atom is 0.416 e. The van der Waals surface area contributed by atoms with Crippen LogP contribution in [0.2, 0.25) is 0 Å². The van der Waals surface area contributed by atoms with Gasteiger partial charge in [0.05, 0.1) is 5.60 Å². The van der Waals surface area contributed by atoms with Crippen LogP contribution in [-0.2, 0) is 0 Å². The summed E-state index contributed by atoms with van der Waals surface area (Å²) in [4.78, 5) is 0. The standard InChI is InChI=1S/C27H45F3O2/c1-17(10-13-26(5,32)27(28,29)30)20-8-9-21-19-7-6-18-16-23(2,31)14-15-24(18,3)22(19)11-12-25(20,21)4/h17-22,31-32H,6-16H2,1-5H3/t17-,18-,19+,20-,21+,22+,23+,24+,25-,26-/m1/s1. The van der Waals surface area contributed by atoms with Crippen molar-refractivity contribution < 1.29 is 23.4 Å². The largest absolute Gasteiger partial charge is 0.416 e. The highest BCUT2D eigenvalue weighted by Gasteiger charge is 2.61. The Morgan fingerprint density at radius 2 is 1.56 bits per heavy atom. The average molecular weight is 459 g/mol. The van der Waals surface area contributed by atoms with E-state index in [2.05, 4.69) is 20.8 Å². The van der Waals surface area contributed by atoms with Gasteiger partial charge in [0.1, 0.15) is 0 Å². The second kappa shape index (κ2) is 7.86. The SMILES string of the molecule is C[C@H](CC[C@@](C)(O)C(F)(F)F)[C@H]1CC[C@H]2[C@@H]3CC[C@@H]4C[C@@](C)(O)CC[C@]4(C)[C@H]3CC[C@]12C. The lowest BCUT2D eigenvalue weighted by Gasteiger charge is -2.62. The van der Waals surface area contributed by atoms with Crippen molar-refractivity contribution in [2.45, 2.75) is 123 Å². The Morgan fingerprint density at radius 3 is 2.22 bits per heavy atom. The molecule has 0 aliphatic heterocycles. The molecule has 32 heavy (non-hydrogen) atoms. The molecule has 0 heterocycles. The van der Waals surface area contributed by atoms with Crippen LogP contribution in [0.3, 0.4) is 0 Å². The van der Waals surface area contributed by atoms with Crippen LogP contribution in [0.15, 0.2) is 0 Å². The monoisotopic (exact) mass is 458 g/mol. The molecule has 0 spiro atoms.